The molecular formula is C13H11N3O3. The highest BCUT2D eigenvalue weighted by molar-refractivity contribution is 6.38. The second-order valence-corrected chi connectivity index (χ2v) is 3.53. The average Bonchev–Trinajstić information content (AvgIpc) is 2.98. The summed E-state index contributed by atoms with van der Waals surface area (Å²) in [5.41, 5.74) is 3.35. The van der Waals surface area contributed by atoms with E-state index in [1.54, 1.807) is 18.2 Å². The first kappa shape index (κ1) is 12.6. The molecule has 0 saturated carbocycles. The number of benzene rings is 1. The van der Waals surface area contributed by atoms with Crippen molar-refractivity contribution in [2.75, 3.05) is 0 Å². The Morgan fingerprint density at radius 3 is 2.63 bits per heavy atom. The van der Waals surface area contributed by atoms with Crippen LogP contribution in [-0.2, 0) is 0 Å². The Morgan fingerprint density at radius 1 is 1.21 bits per heavy atom. The summed E-state index contributed by atoms with van der Waals surface area (Å²) >= 11 is 0. The fourth-order valence-corrected chi connectivity index (χ4v) is 1.41. The Hall–Kier alpha value is -2.89. The number of hydrazone groups is 1. The molecule has 1 aromatic heterocycles. The number of amides is 1. The van der Waals surface area contributed by atoms with E-state index in [0.29, 0.717) is 11.3 Å². The minimum Gasteiger partial charge on any atom is -0.459 e. The number of carbonyl (C=O) groups is 1. The Kier molecular flexibility index (Phi) is 4.07. The summed E-state index contributed by atoms with van der Waals surface area (Å²) in [4.78, 5) is 11.6. The number of oxime groups is 1. The molecule has 0 unspecified atom stereocenters. The molecule has 1 heterocycles. The fourth-order valence-electron chi connectivity index (χ4n) is 1.41. The van der Waals surface area contributed by atoms with E-state index in [-0.39, 0.29) is 5.76 Å². The summed E-state index contributed by atoms with van der Waals surface area (Å²) in [6, 6.07) is 12.1. The molecule has 0 saturated heterocycles. The molecule has 0 fully saturated rings. The molecule has 2 rings (SSSR count). The minimum atomic E-state index is -0.482. The van der Waals surface area contributed by atoms with Crippen molar-refractivity contribution in [2.45, 2.75) is 0 Å². The van der Waals surface area contributed by atoms with E-state index in [1.165, 1.54) is 12.3 Å². The normalized spacial score (nSPS) is 11.7. The van der Waals surface area contributed by atoms with Crippen LogP contribution in [0.15, 0.2) is 63.4 Å². The SMILES string of the molecule is O=C(NN=C(C=NO)c1ccccc1)c1ccco1. The first-order chi connectivity index (χ1) is 9.31. The zero-order chi connectivity index (χ0) is 13.5. The van der Waals surface area contributed by atoms with E-state index < -0.39 is 5.91 Å². The Labute approximate surface area is 109 Å². The summed E-state index contributed by atoms with van der Waals surface area (Å²) < 4.78 is 4.93. The summed E-state index contributed by atoms with van der Waals surface area (Å²) in [7, 11) is 0. The number of nitrogens with zero attached hydrogens (tertiary/aromatic N) is 2. The van der Waals surface area contributed by atoms with Crippen molar-refractivity contribution in [1.29, 1.82) is 0 Å². The van der Waals surface area contributed by atoms with Crippen LogP contribution in [0, 0.1) is 0 Å². The van der Waals surface area contributed by atoms with Gasteiger partial charge in [-0.25, -0.2) is 5.43 Å². The van der Waals surface area contributed by atoms with E-state index in [2.05, 4.69) is 15.7 Å². The molecule has 1 amide bonds. The Bertz CT molecular complexity index is 589. The third-order valence-electron chi connectivity index (χ3n) is 2.27. The van der Waals surface area contributed by atoms with Gasteiger partial charge in [-0.1, -0.05) is 35.5 Å². The highest BCUT2D eigenvalue weighted by Gasteiger charge is 2.08. The third-order valence-corrected chi connectivity index (χ3v) is 2.27. The van der Waals surface area contributed by atoms with Crippen molar-refractivity contribution in [1.82, 2.24) is 5.43 Å². The van der Waals surface area contributed by atoms with Crippen molar-refractivity contribution in [3.8, 4) is 0 Å². The second-order valence-electron chi connectivity index (χ2n) is 3.53. The smallest absolute Gasteiger partial charge is 0.307 e. The second kappa shape index (κ2) is 6.15. The van der Waals surface area contributed by atoms with Crippen LogP contribution in [0.5, 0.6) is 0 Å². The molecule has 96 valence electrons. The van der Waals surface area contributed by atoms with Crippen LogP contribution >= 0.6 is 0 Å². The number of hydrogen-bond donors (Lipinski definition) is 2. The maximum Gasteiger partial charge on any atom is 0.307 e. The number of nitrogens with one attached hydrogen (secondary N) is 1. The average molecular weight is 257 g/mol. The zero-order valence-electron chi connectivity index (χ0n) is 9.85. The fraction of sp³-hybridized carbons (Fsp3) is 0. The van der Waals surface area contributed by atoms with Crippen LogP contribution in [0.1, 0.15) is 16.1 Å². The highest BCUT2D eigenvalue weighted by Crippen LogP contribution is 2.01. The lowest BCUT2D eigenvalue weighted by atomic mass is 10.1. The molecule has 2 N–H and O–H groups in total. The van der Waals surface area contributed by atoms with Crippen LogP contribution in [0.25, 0.3) is 0 Å². The van der Waals surface area contributed by atoms with Gasteiger partial charge in [0.1, 0.15) is 5.71 Å². The number of rotatable bonds is 4. The summed E-state index contributed by atoms with van der Waals surface area (Å²) in [6.45, 7) is 0. The van der Waals surface area contributed by atoms with Crippen LogP contribution in [0.4, 0.5) is 0 Å². The summed E-state index contributed by atoms with van der Waals surface area (Å²) in [6.07, 6.45) is 2.53. The number of furan rings is 1. The predicted octanol–water partition coefficient (Wildman–Crippen LogP) is 1.87. The van der Waals surface area contributed by atoms with E-state index in [0.717, 1.165) is 6.21 Å². The number of carbonyl (C=O) groups excluding carboxylic acids is 1. The standard InChI is InChI=1S/C13H11N3O3/c17-13(12-7-4-8-19-12)16-15-11(9-14-18)10-5-2-1-3-6-10/h1-9,18H,(H,16,17). The molecule has 0 atom stereocenters. The van der Waals surface area contributed by atoms with Crippen molar-refractivity contribution < 1.29 is 14.4 Å². The highest BCUT2D eigenvalue weighted by atomic mass is 16.4. The molecule has 19 heavy (non-hydrogen) atoms. The van der Waals surface area contributed by atoms with E-state index in [4.69, 9.17) is 9.62 Å². The lowest BCUT2D eigenvalue weighted by molar-refractivity contribution is 0.0927. The third kappa shape index (κ3) is 3.29. The molecule has 0 radical (unpaired) electrons. The topological polar surface area (TPSA) is 87.2 Å². The quantitative estimate of drug-likeness (QED) is 0.498. The van der Waals surface area contributed by atoms with Gasteiger partial charge in [-0.3, -0.25) is 4.79 Å². The van der Waals surface area contributed by atoms with Gasteiger partial charge in [-0.05, 0) is 12.1 Å². The maximum absolute atomic E-state index is 11.6. The summed E-state index contributed by atoms with van der Waals surface area (Å²) in [5, 5.41) is 15.4. The first-order valence-corrected chi connectivity index (χ1v) is 5.45. The molecule has 0 aliphatic heterocycles. The minimum absolute atomic E-state index is 0.150. The van der Waals surface area contributed by atoms with E-state index in [1.807, 2.05) is 18.2 Å². The van der Waals surface area contributed by atoms with Crippen LogP contribution < -0.4 is 5.43 Å². The lowest BCUT2D eigenvalue weighted by Crippen LogP contribution is -2.20. The summed E-state index contributed by atoms with van der Waals surface area (Å²) in [5.74, 6) is -0.332. The molecular weight excluding hydrogens is 246 g/mol. The van der Waals surface area contributed by atoms with Crippen molar-refractivity contribution in [3.63, 3.8) is 0 Å². The lowest BCUT2D eigenvalue weighted by Gasteiger charge is -2.01. The van der Waals surface area contributed by atoms with Gasteiger partial charge in [0, 0.05) is 5.56 Å². The molecule has 0 bridgehead atoms. The Morgan fingerprint density at radius 2 is 2.00 bits per heavy atom. The molecule has 0 aliphatic carbocycles. The largest absolute Gasteiger partial charge is 0.459 e. The Balaban J connectivity index is 2.16. The van der Waals surface area contributed by atoms with Gasteiger partial charge in [-0.15, -0.1) is 0 Å². The van der Waals surface area contributed by atoms with E-state index in [9.17, 15) is 4.79 Å². The monoisotopic (exact) mass is 257 g/mol. The zero-order valence-corrected chi connectivity index (χ0v) is 9.85. The van der Waals surface area contributed by atoms with Gasteiger partial charge in [0.05, 0.1) is 12.5 Å². The van der Waals surface area contributed by atoms with Gasteiger partial charge in [0.25, 0.3) is 0 Å². The maximum atomic E-state index is 11.6. The molecule has 2 aromatic rings. The molecule has 1 aromatic carbocycles. The van der Waals surface area contributed by atoms with E-state index >= 15 is 0 Å². The van der Waals surface area contributed by atoms with Gasteiger partial charge in [-0.2, -0.15) is 5.10 Å². The molecule has 0 spiro atoms. The molecule has 0 aliphatic rings. The molecule has 6 heteroatoms. The molecule has 6 nitrogen and oxygen atoms in total. The van der Waals surface area contributed by atoms with Gasteiger partial charge >= 0.3 is 5.91 Å². The number of hydrogen-bond acceptors (Lipinski definition) is 5. The van der Waals surface area contributed by atoms with Crippen molar-refractivity contribution in [2.24, 2.45) is 10.3 Å². The van der Waals surface area contributed by atoms with Gasteiger partial charge in [0.2, 0.25) is 0 Å². The van der Waals surface area contributed by atoms with Crippen LogP contribution in [0.3, 0.4) is 0 Å². The van der Waals surface area contributed by atoms with Crippen molar-refractivity contribution in [3.05, 3.63) is 60.1 Å². The van der Waals surface area contributed by atoms with Crippen molar-refractivity contribution >= 4 is 17.8 Å². The first-order valence-electron chi connectivity index (χ1n) is 5.45. The van der Waals surface area contributed by atoms with Gasteiger partial charge in [0.15, 0.2) is 5.76 Å². The predicted molar refractivity (Wildman–Crippen MR) is 69.4 cm³/mol. The van der Waals surface area contributed by atoms with Gasteiger partial charge < -0.3 is 9.62 Å². The van der Waals surface area contributed by atoms with Crippen LogP contribution in [0.2, 0.25) is 0 Å². The van der Waals surface area contributed by atoms with Crippen LogP contribution in [-0.4, -0.2) is 23.0 Å².